The Balaban J connectivity index is 1.89. The predicted molar refractivity (Wildman–Crippen MR) is 97.8 cm³/mol. The minimum Gasteiger partial charge on any atom is -0.497 e. The molecule has 24 heavy (non-hydrogen) atoms. The van der Waals surface area contributed by atoms with Gasteiger partial charge in [0.2, 0.25) is 0 Å². The average Bonchev–Trinajstić information content (AvgIpc) is 2.87. The molecule has 0 amide bonds. The number of hydrogen-bond donors (Lipinski definition) is 0. The third-order valence-electron chi connectivity index (χ3n) is 6.93. The monoisotopic (exact) mass is 326 g/mol. The summed E-state index contributed by atoms with van der Waals surface area (Å²) in [5.74, 6) is 2.99. The Morgan fingerprint density at radius 1 is 1.17 bits per heavy atom. The lowest BCUT2D eigenvalue weighted by Gasteiger charge is -2.49. The Hall–Kier alpha value is -1.44. The van der Waals surface area contributed by atoms with E-state index in [1.807, 2.05) is 6.07 Å². The molecule has 130 valence electrons. The second-order valence-electron chi connectivity index (χ2n) is 8.95. The molecule has 1 heterocycles. The second-order valence-corrected chi connectivity index (χ2v) is 8.95. The number of methoxy groups -OCH3 is 1. The molecular formula is C22H30O2. The molecule has 0 radical (unpaired) electrons. The van der Waals surface area contributed by atoms with Crippen LogP contribution >= 0.6 is 0 Å². The van der Waals surface area contributed by atoms with Gasteiger partial charge in [-0.2, -0.15) is 0 Å². The van der Waals surface area contributed by atoms with Gasteiger partial charge in [-0.3, -0.25) is 0 Å². The Morgan fingerprint density at radius 3 is 2.71 bits per heavy atom. The van der Waals surface area contributed by atoms with Crippen molar-refractivity contribution in [3.63, 3.8) is 0 Å². The fourth-order valence-electron chi connectivity index (χ4n) is 5.76. The fourth-order valence-corrected chi connectivity index (χ4v) is 5.76. The zero-order valence-electron chi connectivity index (χ0n) is 15.7. The standard InChI is InChI=1S/C22H30O2/c1-14-7-10-18-21(2,3)11-6-12-22(18,4)19-16-13-15(23-5)8-9-17(16)24-20(14)19/h8-10,13-14,19-20H,6-7,11-12H2,1-5H3/t14-,19+,20+,22+/m1/s1. The molecule has 1 aromatic rings. The molecule has 0 aromatic heterocycles. The maximum absolute atomic E-state index is 6.50. The number of fused-ring (bicyclic) bond motifs is 5. The third kappa shape index (κ3) is 2.14. The summed E-state index contributed by atoms with van der Waals surface area (Å²) < 4.78 is 12.0. The van der Waals surface area contributed by atoms with Crippen molar-refractivity contribution >= 4 is 0 Å². The number of hydrogen-bond acceptors (Lipinski definition) is 2. The van der Waals surface area contributed by atoms with Gasteiger partial charge in [-0.1, -0.05) is 45.8 Å². The first-order valence-corrected chi connectivity index (χ1v) is 9.42. The van der Waals surface area contributed by atoms with Crippen molar-refractivity contribution in [2.75, 3.05) is 7.11 Å². The quantitative estimate of drug-likeness (QED) is 0.614. The van der Waals surface area contributed by atoms with E-state index in [1.165, 1.54) is 24.8 Å². The summed E-state index contributed by atoms with van der Waals surface area (Å²) in [5.41, 5.74) is 3.51. The molecule has 4 atom stereocenters. The van der Waals surface area contributed by atoms with E-state index in [0.29, 0.717) is 17.3 Å². The van der Waals surface area contributed by atoms with Crippen molar-refractivity contribution < 1.29 is 9.47 Å². The van der Waals surface area contributed by atoms with Crippen LogP contribution in [0.3, 0.4) is 0 Å². The number of benzene rings is 1. The van der Waals surface area contributed by atoms with Crippen molar-refractivity contribution in [3.05, 3.63) is 35.4 Å². The summed E-state index contributed by atoms with van der Waals surface area (Å²) in [6.07, 6.45) is 7.83. The molecule has 1 aromatic carbocycles. The highest BCUT2D eigenvalue weighted by Crippen LogP contribution is 2.63. The number of rotatable bonds is 1. The maximum Gasteiger partial charge on any atom is 0.123 e. The van der Waals surface area contributed by atoms with Crippen molar-refractivity contribution in [1.82, 2.24) is 0 Å². The molecule has 1 saturated carbocycles. The highest BCUT2D eigenvalue weighted by molar-refractivity contribution is 5.50. The lowest BCUT2D eigenvalue weighted by Crippen LogP contribution is -2.42. The van der Waals surface area contributed by atoms with Crippen LogP contribution in [0.2, 0.25) is 0 Å². The first-order valence-electron chi connectivity index (χ1n) is 9.42. The largest absolute Gasteiger partial charge is 0.497 e. The van der Waals surface area contributed by atoms with Gasteiger partial charge < -0.3 is 9.47 Å². The van der Waals surface area contributed by atoms with E-state index in [0.717, 1.165) is 17.9 Å². The van der Waals surface area contributed by atoms with E-state index < -0.39 is 0 Å². The number of ether oxygens (including phenoxy) is 2. The summed E-state index contributed by atoms with van der Waals surface area (Å²) in [6.45, 7) is 9.71. The Morgan fingerprint density at radius 2 is 1.96 bits per heavy atom. The molecule has 2 aliphatic carbocycles. The number of allylic oxidation sites excluding steroid dienone is 2. The summed E-state index contributed by atoms with van der Waals surface area (Å²) in [4.78, 5) is 0. The molecule has 4 rings (SSSR count). The maximum atomic E-state index is 6.50. The molecule has 3 aliphatic rings. The Bertz CT molecular complexity index is 687. The molecule has 0 saturated heterocycles. The highest BCUT2D eigenvalue weighted by atomic mass is 16.5. The van der Waals surface area contributed by atoms with E-state index in [-0.39, 0.29) is 11.5 Å². The topological polar surface area (TPSA) is 18.5 Å². The van der Waals surface area contributed by atoms with Gasteiger partial charge in [0.15, 0.2) is 0 Å². The van der Waals surface area contributed by atoms with Crippen LogP contribution in [0.15, 0.2) is 29.8 Å². The van der Waals surface area contributed by atoms with E-state index in [2.05, 4.69) is 45.9 Å². The van der Waals surface area contributed by atoms with E-state index in [4.69, 9.17) is 9.47 Å². The van der Waals surface area contributed by atoms with Crippen LogP contribution in [-0.4, -0.2) is 13.2 Å². The molecule has 0 N–H and O–H groups in total. The summed E-state index contributed by atoms with van der Waals surface area (Å²) in [6, 6.07) is 6.36. The molecule has 0 bridgehead atoms. The first-order chi connectivity index (χ1) is 11.4. The minimum atomic E-state index is 0.189. The van der Waals surface area contributed by atoms with Crippen LogP contribution in [0.5, 0.6) is 11.5 Å². The van der Waals surface area contributed by atoms with E-state index in [9.17, 15) is 0 Å². The van der Waals surface area contributed by atoms with Crippen molar-refractivity contribution in [1.29, 1.82) is 0 Å². The molecule has 1 aliphatic heterocycles. The first kappa shape index (κ1) is 16.1. The Labute approximate surface area is 146 Å². The zero-order valence-corrected chi connectivity index (χ0v) is 15.7. The van der Waals surface area contributed by atoms with Gasteiger partial charge in [0, 0.05) is 11.5 Å². The fraction of sp³-hybridized carbons (Fsp3) is 0.636. The minimum absolute atomic E-state index is 0.189. The van der Waals surface area contributed by atoms with Gasteiger partial charge in [0.05, 0.1) is 7.11 Å². The van der Waals surface area contributed by atoms with Crippen LogP contribution in [0.1, 0.15) is 64.9 Å². The van der Waals surface area contributed by atoms with Crippen LogP contribution in [0.25, 0.3) is 0 Å². The molecule has 0 spiro atoms. The van der Waals surface area contributed by atoms with Crippen LogP contribution in [0, 0.1) is 16.7 Å². The summed E-state index contributed by atoms with van der Waals surface area (Å²) in [7, 11) is 1.75. The average molecular weight is 326 g/mol. The van der Waals surface area contributed by atoms with Crippen molar-refractivity contribution in [2.45, 2.75) is 65.4 Å². The SMILES string of the molecule is COc1ccc2c(c1)[C@H]1[C@@H](O2)[C@H](C)CC=C2C(C)(C)CCC[C@@]21C. The van der Waals surface area contributed by atoms with Gasteiger partial charge in [-0.25, -0.2) is 0 Å². The normalized spacial score (nSPS) is 36.5. The van der Waals surface area contributed by atoms with Crippen molar-refractivity contribution in [2.24, 2.45) is 16.7 Å². The van der Waals surface area contributed by atoms with E-state index >= 15 is 0 Å². The molecule has 2 heteroatoms. The molecule has 1 fully saturated rings. The third-order valence-corrected chi connectivity index (χ3v) is 6.93. The predicted octanol–water partition coefficient (Wildman–Crippen LogP) is 5.72. The zero-order chi connectivity index (χ0) is 17.1. The van der Waals surface area contributed by atoms with Crippen molar-refractivity contribution in [3.8, 4) is 11.5 Å². The molecular weight excluding hydrogens is 296 g/mol. The summed E-state index contributed by atoms with van der Waals surface area (Å²) >= 11 is 0. The summed E-state index contributed by atoms with van der Waals surface area (Å²) in [5, 5.41) is 0. The van der Waals surface area contributed by atoms with Gasteiger partial charge in [0.25, 0.3) is 0 Å². The van der Waals surface area contributed by atoms with Gasteiger partial charge in [-0.15, -0.1) is 0 Å². The second kappa shape index (κ2) is 5.28. The van der Waals surface area contributed by atoms with Crippen LogP contribution < -0.4 is 9.47 Å². The Kier molecular flexibility index (Phi) is 3.53. The van der Waals surface area contributed by atoms with Gasteiger partial charge in [0.1, 0.15) is 17.6 Å². The van der Waals surface area contributed by atoms with Crippen LogP contribution in [-0.2, 0) is 0 Å². The van der Waals surface area contributed by atoms with Gasteiger partial charge >= 0.3 is 0 Å². The van der Waals surface area contributed by atoms with E-state index in [1.54, 1.807) is 12.7 Å². The van der Waals surface area contributed by atoms with Gasteiger partial charge in [-0.05, 0) is 54.2 Å². The lowest BCUT2D eigenvalue weighted by atomic mass is 9.54. The molecule has 0 unspecified atom stereocenters. The van der Waals surface area contributed by atoms with Crippen LogP contribution in [0.4, 0.5) is 0 Å². The molecule has 2 nitrogen and oxygen atoms in total. The lowest BCUT2D eigenvalue weighted by molar-refractivity contribution is 0.0781. The smallest absolute Gasteiger partial charge is 0.123 e. The highest BCUT2D eigenvalue weighted by Gasteiger charge is 2.55.